The molecule has 1 saturated heterocycles. The highest BCUT2D eigenvalue weighted by Gasteiger charge is 2.24. The summed E-state index contributed by atoms with van der Waals surface area (Å²) in [6.45, 7) is 9.14. The fourth-order valence-electron chi connectivity index (χ4n) is 3.67. The number of amides is 1. The van der Waals surface area contributed by atoms with Gasteiger partial charge >= 0.3 is 0 Å². The molecule has 1 fully saturated rings. The Kier molecular flexibility index (Phi) is 6.23. The predicted molar refractivity (Wildman–Crippen MR) is 110 cm³/mol. The zero-order chi connectivity index (χ0) is 18.8. The van der Waals surface area contributed by atoms with Crippen LogP contribution in [0.2, 0.25) is 10.0 Å². The molecule has 0 bridgehead atoms. The van der Waals surface area contributed by atoms with Crippen LogP contribution in [0.25, 0.3) is 0 Å². The van der Waals surface area contributed by atoms with Gasteiger partial charge in [0.2, 0.25) is 5.91 Å². The molecule has 1 aromatic heterocycles. The third kappa shape index (κ3) is 4.58. The number of rotatable bonds is 4. The first-order valence-electron chi connectivity index (χ1n) is 8.76. The lowest BCUT2D eigenvalue weighted by Gasteiger charge is -2.34. The zero-order valence-corrected chi connectivity index (χ0v) is 17.5. The smallest absolute Gasteiger partial charge is 0.230 e. The molecule has 2 atom stereocenters. The highest BCUT2D eigenvalue weighted by Crippen LogP contribution is 2.33. The minimum atomic E-state index is -0.107. The molecule has 1 aliphatic heterocycles. The molecule has 3 rings (SSSR count). The van der Waals surface area contributed by atoms with E-state index < -0.39 is 0 Å². The number of anilines is 2. The molecular formula is C19H23Cl2N3OS. The second-order valence-corrected chi connectivity index (χ2v) is 8.87. The molecular weight excluding hydrogens is 389 g/mol. The summed E-state index contributed by atoms with van der Waals surface area (Å²) in [5.74, 6) is 1.31. The molecule has 0 unspecified atom stereocenters. The van der Waals surface area contributed by atoms with Crippen LogP contribution in [-0.2, 0) is 11.3 Å². The Morgan fingerprint density at radius 1 is 1.27 bits per heavy atom. The lowest BCUT2D eigenvalue weighted by Crippen LogP contribution is -2.38. The molecule has 1 aliphatic rings. The normalized spacial score (nSPS) is 21.0. The van der Waals surface area contributed by atoms with Crippen LogP contribution in [0.5, 0.6) is 0 Å². The van der Waals surface area contributed by atoms with E-state index in [4.69, 9.17) is 28.2 Å². The van der Waals surface area contributed by atoms with Crippen molar-refractivity contribution in [1.29, 1.82) is 0 Å². The molecule has 2 heterocycles. The van der Waals surface area contributed by atoms with Gasteiger partial charge in [0.25, 0.3) is 0 Å². The highest BCUT2D eigenvalue weighted by atomic mass is 35.5. The number of benzene rings is 1. The third-order valence-corrected chi connectivity index (χ3v) is 6.15. The SMILES string of the molecule is CC(=O)N(c1ccc(Cl)c(Cl)c1)c1nc(CN2C[C@H](C)C[C@H](C)C2)cs1. The number of piperidine rings is 1. The van der Waals surface area contributed by atoms with Crippen molar-refractivity contribution in [2.24, 2.45) is 11.8 Å². The molecule has 0 N–H and O–H groups in total. The van der Waals surface area contributed by atoms with E-state index in [2.05, 4.69) is 18.7 Å². The second kappa shape index (κ2) is 8.26. The fourth-order valence-corrected chi connectivity index (χ4v) is 4.84. The van der Waals surface area contributed by atoms with Gasteiger partial charge in [-0.2, -0.15) is 0 Å². The number of carbonyl (C=O) groups excluding carboxylic acids is 1. The van der Waals surface area contributed by atoms with Crippen LogP contribution in [0.3, 0.4) is 0 Å². The molecule has 1 aromatic carbocycles. The van der Waals surface area contributed by atoms with Crippen molar-refractivity contribution in [2.75, 3.05) is 18.0 Å². The van der Waals surface area contributed by atoms with Gasteiger partial charge in [0.15, 0.2) is 5.13 Å². The number of hydrogen-bond donors (Lipinski definition) is 0. The second-order valence-electron chi connectivity index (χ2n) is 7.21. The number of likely N-dealkylation sites (tertiary alicyclic amines) is 1. The summed E-state index contributed by atoms with van der Waals surface area (Å²) in [6, 6.07) is 5.17. The Balaban J connectivity index is 1.79. The molecule has 0 aliphatic carbocycles. The van der Waals surface area contributed by atoms with E-state index in [9.17, 15) is 4.79 Å². The Labute approximate surface area is 168 Å². The van der Waals surface area contributed by atoms with E-state index in [0.717, 1.165) is 25.3 Å². The Bertz CT molecular complexity index is 785. The van der Waals surface area contributed by atoms with Crippen molar-refractivity contribution in [3.63, 3.8) is 0 Å². The summed E-state index contributed by atoms with van der Waals surface area (Å²) >= 11 is 13.6. The van der Waals surface area contributed by atoms with Crippen molar-refractivity contribution in [3.8, 4) is 0 Å². The number of aromatic nitrogens is 1. The highest BCUT2D eigenvalue weighted by molar-refractivity contribution is 7.14. The molecule has 0 spiro atoms. The number of thiazole rings is 1. The van der Waals surface area contributed by atoms with Gasteiger partial charge in [0.05, 0.1) is 21.4 Å². The van der Waals surface area contributed by atoms with Crippen molar-refractivity contribution >= 4 is 51.3 Å². The van der Waals surface area contributed by atoms with Crippen molar-refractivity contribution in [3.05, 3.63) is 39.3 Å². The van der Waals surface area contributed by atoms with E-state index in [1.165, 1.54) is 24.7 Å². The Hall–Kier alpha value is -1.14. The Morgan fingerprint density at radius 3 is 2.58 bits per heavy atom. The summed E-state index contributed by atoms with van der Waals surface area (Å²) in [4.78, 5) is 21.0. The fraction of sp³-hybridized carbons (Fsp3) is 0.474. The number of carbonyl (C=O) groups is 1. The molecule has 26 heavy (non-hydrogen) atoms. The van der Waals surface area contributed by atoms with Gasteiger partial charge in [-0.3, -0.25) is 14.6 Å². The van der Waals surface area contributed by atoms with Crippen LogP contribution >= 0.6 is 34.5 Å². The van der Waals surface area contributed by atoms with Gasteiger partial charge in [0.1, 0.15) is 0 Å². The van der Waals surface area contributed by atoms with Crippen LogP contribution in [0.15, 0.2) is 23.6 Å². The van der Waals surface area contributed by atoms with E-state index in [1.807, 2.05) is 5.38 Å². The maximum atomic E-state index is 12.2. The molecule has 4 nitrogen and oxygen atoms in total. The number of halogens is 2. The van der Waals surface area contributed by atoms with Crippen molar-refractivity contribution < 1.29 is 4.79 Å². The molecule has 2 aromatic rings. The van der Waals surface area contributed by atoms with Gasteiger partial charge in [-0.15, -0.1) is 11.3 Å². The van der Waals surface area contributed by atoms with Crippen LogP contribution < -0.4 is 4.90 Å². The molecule has 1 amide bonds. The Morgan fingerprint density at radius 2 is 1.96 bits per heavy atom. The lowest BCUT2D eigenvalue weighted by atomic mass is 9.92. The zero-order valence-electron chi connectivity index (χ0n) is 15.2. The van der Waals surface area contributed by atoms with Crippen LogP contribution in [0, 0.1) is 11.8 Å². The largest absolute Gasteiger partial charge is 0.297 e. The van der Waals surface area contributed by atoms with Crippen molar-refractivity contribution in [2.45, 2.75) is 33.7 Å². The third-order valence-electron chi connectivity index (χ3n) is 4.54. The van der Waals surface area contributed by atoms with Gasteiger partial charge in [-0.25, -0.2) is 4.98 Å². The quantitative estimate of drug-likeness (QED) is 0.655. The summed E-state index contributed by atoms with van der Waals surface area (Å²) in [7, 11) is 0. The standard InChI is InChI=1S/C19H23Cl2N3OS/c1-12-6-13(2)9-23(8-12)10-15-11-26-19(22-15)24(14(3)25)16-4-5-17(20)18(21)7-16/h4-5,7,11-13H,6,8-10H2,1-3H3/t12-,13+. The number of nitrogens with zero attached hydrogens (tertiary/aromatic N) is 3. The molecule has 0 radical (unpaired) electrons. The van der Waals surface area contributed by atoms with Crippen LogP contribution in [-0.4, -0.2) is 28.9 Å². The first-order chi connectivity index (χ1) is 12.3. The summed E-state index contributed by atoms with van der Waals surface area (Å²) < 4.78 is 0. The first-order valence-corrected chi connectivity index (χ1v) is 10.4. The van der Waals surface area contributed by atoms with E-state index >= 15 is 0 Å². The monoisotopic (exact) mass is 411 g/mol. The maximum Gasteiger partial charge on any atom is 0.230 e. The van der Waals surface area contributed by atoms with Gasteiger partial charge in [0, 0.05) is 31.9 Å². The maximum absolute atomic E-state index is 12.2. The average molecular weight is 412 g/mol. The minimum absolute atomic E-state index is 0.107. The predicted octanol–water partition coefficient (Wildman–Crippen LogP) is 5.61. The minimum Gasteiger partial charge on any atom is -0.297 e. The van der Waals surface area contributed by atoms with E-state index in [1.54, 1.807) is 23.1 Å². The summed E-state index contributed by atoms with van der Waals surface area (Å²) in [5.41, 5.74) is 1.67. The summed E-state index contributed by atoms with van der Waals surface area (Å²) in [5, 5.41) is 3.58. The van der Waals surface area contributed by atoms with E-state index in [0.29, 0.717) is 32.7 Å². The van der Waals surface area contributed by atoms with Crippen LogP contribution in [0.1, 0.15) is 32.9 Å². The van der Waals surface area contributed by atoms with Crippen LogP contribution in [0.4, 0.5) is 10.8 Å². The van der Waals surface area contributed by atoms with Gasteiger partial charge < -0.3 is 0 Å². The number of hydrogen-bond acceptors (Lipinski definition) is 4. The lowest BCUT2D eigenvalue weighted by molar-refractivity contribution is -0.115. The molecule has 0 saturated carbocycles. The summed E-state index contributed by atoms with van der Waals surface area (Å²) in [6.07, 6.45) is 1.29. The molecule has 140 valence electrons. The first kappa shape index (κ1) is 19.6. The molecule has 7 heteroatoms. The van der Waals surface area contributed by atoms with Gasteiger partial charge in [-0.05, 0) is 36.5 Å². The van der Waals surface area contributed by atoms with E-state index in [-0.39, 0.29) is 5.91 Å². The average Bonchev–Trinajstić information content (AvgIpc) is 2.97. The van der Waals surface area contributed by atoms with Crippen molar-refractivity contribution in [1.82, 2.24) is 9.88 Å². The van der Waals surface area contributed by atoms with Gasteiger partial charge in [-0.1, -0.05) is 37.0 Å². The topological polar surface area (TPSA) is 36.4 Å².